The molecule has 8 atom stereocenters. The highest BCUT2D eigenvalue weighted by Crippen LogP contribution is 2.75. The van der Waals surface area contributed by atoms with Gasteiger partial charge in [0.1, 0.15) is 0 Å². The first-order chi connectivity index (χ1) is 19.9. The molecular formula is C36H60N2O4S. The first-order valence-electron chi connectivity index (χ1n) is 17.5. The molecule has 5 aliphatic carbocycles. The lowest BCUT2D eigenvalue weighted by molar-refractivity contribution is -0.203. The number of hydrogen-bond acceptors (Lipinski definition) is 5. The lowest BCUT2D eigenvalue weighted by Gasteiger charge is -2.71. The zero-order valence-electron chi connectivity index (χ0n) is 28.2. The quantitative estimate of drug-likeness (QED) is 0.379. The summed E-state index contributed by atoms with van der Waals surface area (Å²) in [6, 6.07) is 0. The predicted octanol–water partition coefficient (Wildman–Crippen LogP) is 6.00. The van der Waals surface area contributed by atoms with Crippen molar-refractivity contribution in [2.45, 2.75) is 119 Å². The molecule has 6 nitrogen and oxygen atoms in total. The van der Waals surface area contributed by atoms with E-state index in [1.165, 1.54) is 12.8 Å². The van der Waals surface area contributed by atoms with Crippen molar-refractivity contribution in [1.82, 2.24) is 10.2 Å². The summed E-state index contributed by atoms with van der Waals surface area (Å²) in [5, 5.41) is 14.4. The maximum Gasteiger partial charge on any atom is 0.226 e. The summed E-state index contributed by atoms with van der Waals surface area (Å²) in [7, 11) is -2.90. The van der Waals surface area contributed by atoms with Crippen molar-refractivity contribution < 1.29 is 18.3 Å². The molecule has 0 radical (unpaired) electrons. The predicted molar refractivity (Wildman–Crippen MR) is 173 cm³/mol. The minimum atomic E-state index is -2.90. The van der Waals surface area contributed by atoms with Crippen molar-refractivity contribution in [2.24, 2.45) is 50.2 Å². The number of nitrogens with zero attached hydrogens (tertiary/aromatic N) is 1. The molecule has 1 saturated heterocycles. The lowest BCUT2D eigenvalue weighted by Crippen LogP contribution is -2.65. The minimum Gasteiger partial charge on any atom is -0.393 e. The van der Waals surface area contributed by atoms with E-state index < -0.39 is 9.84 Å². The monoisotopic (exact) mass is 616 g/mol. The molecule has 5 fully saturated rings. The number of allylic oxidation sites excluding steroid dienone is 2. The van der Waals surface area contributed by atoms with Gasteiger partial charge < -0.3 is 10.4 Å². The largest absolute Gasteiger partial charge is 0.393 e. The summed E-state index contributed by atoms with van der Waals surface area (Å²) < 4.78 is 23.7. The molecule has 7 heteroatoms. The molecular weight excluding hydrogens is 556 g/mol. The highest BCUT2D eigenvalue weighted by Gasteiger charge is 2.69. The molecule has 244 valence electrons. The van der Waals surface area contributed by atoms with Crippen molar-refractivity contribution in [2.75, 3.05) is 37.7 Å². The van der Waals surface area contributed by atoms with Gasteiger partial charge in [-0.1, -0.05) is 60.1 Å². The third kappa shape index (κ3) is 4.82. The maximum absolute atomic E-state index is 14.3. The first kappa shape index (κ1) is 32.0. The lowest BCUT2D eigenvalue weighted by atomic mass is 9.33. The van der Waals surface area contributed by atoms with E-state index in [9.17, 15) is 18.3 Å². The second-order valence-corrected chi connectivity index (χ2v) is 20.3. The molecule has 0 aromatic heterocycles. The van der Waals surface area contributed by atoms with Gasteiger partial charge in [0.25, 0.3) is 0 Å². The maximum atomic E-state index is 14.3. The van der Waals surface area contributed by atoms with Gasteiger partial charge in [0.05, 0.1) is 23.0 Å². The fraction of sp³-hybridized carbons (Fsp3) is 0.917. The number of aliphatic hydroxyl groups excluding tert-OH is 1. The molecule has 2 N–H and O–H groups in total. The van der Waals surface area contributed by atoms with Gasteiger partial charge in [-0.2, -0.15) is 0 Å². The molecule has 0 aromatic rings. The summed E-state index contributed by atoms with van der Waals surface area (Å²) in [5.41, 5.74) is 1.94. The third-order valence-electron chi connectivity index (χ3n) is 15.2. The topological polar surface area (TPSA) is 86.7 Å². The molecule has 1 aliphatic heterocycles. The third-order valence-corrected chi connectivity index (χ3v) is 16.8. The van der Waals surface area contributed by atoms with Gasteiger partial charge in [0.15, 0.2) is 9.84 Å². The number of carbonyl (C=O) groups excluding carboxylic acids is 1. The van der Waals surface area contributed by atoms with Crippen molar-refractivity contribution >= 4 is 15.7 Å². The molecule has 1 heterocycles. The molecule has 0 aromatic carbocycles. The summed E-state index contributed by atoms with van der Waals surface area (Å²) in [4.78, 5) is 16.5. The van der Waals surface area contributed by atoms with Gasteiger partial charge in [-0.15, -0.1) is 0 Å². The van der Waals surface area contributed by atoms with E-state index in [-0.39, 0.29) is 61.9 Å². The van der Waals surface area contributed by atoms with Gasteiger partial charge in [-0.25, -0.2) is 8.42 Å². The average molecular weight is 617 g/mol. The second kappa shape index (κ2) is 10.3. The fourth-order valence-electron chi connectivity index (χ4n) is 12.1. The van der Waals surface area contributed by atoms with Gasteiger partial charge in [0.2, 0.25) is 5.91 Å². The number of carbonyl (C=O) groups is 1. The van der Waals surface area contributed by atoms with Crippen LogP contribution >= 0.6 is 0 Å². The van der Waals surface area contributed by atoms with Gasteiger partial charge in [-0.3, -0.25) is 9.69 Å². The zero-order chi connectivity index (χ0) is 31.3. The molecule has 6 rings (SSSR count). The Labute approximate surface area is 262 Å². The van der Waals surface area contributed by atoms with E-state index in [2.05, 4.69) is 64.8 Å². The minimum absolute atomic E-state index is 0.0467. The Bertz CT molecular complexity index is 1260. The van der Waals surface area contributed by atoms with Crippen LogP contribution in [0, 0.1) is 50.2 Å². The molecule has 0 bridgehead atoms. The van der Waals surface area contributed by atoms with Crippen LogP contribution in [0.3, 0.4) is 0 Å². The van der Waals surface area contributed by atoms with Crippen LogP contribution in [-0.2, 0) is 14.6 Å². The summed E-state index contributed by atoms with van der Waals surface area (Å²) >= 11 is 0. The van der Waals surface area contributed by atoms with E-state index in [0.29, 0.717) is 31.5 Å². The van der Waals surface area contributed by atoms with E-state index in [4.69, 9.17) is 0 Å². The molecule has 1 amide bonds. The van der Waals surface area contributed by atoms with E-state index in [0.717, 1.165) is 57.9 Å². The second-order valence-electron chi connectivity index (χ2n) is 18.0. The normalized spacial score (nSPS) is 46.7. The van der Waals surface area contributed by atoms with Crippen LogP contribution in [0.25, 0.3) is 0 Å². The Balaban J connectivity index is 1.27. The van der Waals surface area contributed by atoms with E-state index >= 15 is 0 Å². The Morgan fingerprint density at radius 3 is 2.30 bits per heavy atom. The number of amides is 1. The highest BCUT2D eigenvalue weighted by atomic mass is 32.2. The van der Waals surface area contributed by atoms with Crippen LogP contribution in [0.5, 0.6) is 0 Å². The van der Waals surface area contributed by atoms with Crippen LogP contribution in [0.2, 0.25) is 0 Å². The van der Waals surface area contributed by atoms with Gasteiger partial charge in [0, 0.05) is 26.2 Å². The molecule has 0 spiro atoms. The van der Waals surface area contributed by atoms with Crippen molar-refractivity contribution in [3.8, 4) is 0 Å². The van der Waals surface area contributed by atoms with Gasteiger partial charge >= 0.3 is 0 Å². The zero-order valence-corrected chi connectivity index (χ0v) is 29.0. The number of fused-ring (bicyclic) bond motifs is 7. The van der Waals surface area contributed by atoms with Crippen LogP contribution in [0.15, 0.2) is 11.6 Å². The van der Waals surface area contributed by atoms with Crippen molar-refractivity contribution in [3.05, 3.63) is 11.6 Å². The van der Waals surface area contributed by atoms with Crippen molar-refractivity contribution in [1.29, 1.82) is 0 Å². The standard InChI is InChI=1S/C36H60N2O4S/c1-31(2)14-16-36(30(40)37-18-19-38-20-22-43(41,42)23-21-38)17-15-34(6)25(26(36)24-31)8-9-28-33(5)12-11-29(39)32(3,4)27(33)10-13-35(28,34)7/h8,26-29,39H,9-24H2,1-7H3,(H,37,40)/t26-,27-,28+,29-,33-,34+,35+,36-/m0/s1. The number of aliphatic hydroxyl groups is 1. The van der Waals surface area contributed by atoms with Crippen LogP contribution in [-0.4, -0.2) is 68.1 Å². The smallest absolute Gasteiger partial charge is 0.226 e. The Morgan fingerprint density at radius 2 is 1.60 bits per heavy atom. The highest BCUT2D eigenvalue weighted by molar-refractivity contribution is 7.91. The number of sulfone groups is 1. The SMILES string of the molecule is CC1(C)CC[C@]2(C(=O)NCCN3CCS(=O)(=O)CC3)CC[C@]3(C)C(=CC[C@@H]4[C@@]5(C)CC[C@H](O)C(C)(C)[C@@H]5CC[C@]43C)[C@@H]2C1. The number of hydrogen-bond donors (Lipinski definition) is 2. The average Bonchev–Trinajstić information content (AvgIpc) is 2.92. The fourth-order valence-corrected chi connectivity index (χ4v) is 13.4. The molecule has 4 saturated carbocycles. The first-order valence-corrected chi connectivity index (χ1v) is 19.3. The Kier molecular flexibility index (Phi) is 7.67. The number of rotatable bonds is 4. The molecule has 43 heavy (non-hydrogen) atoms. The van der Waals surface area contributed by atoms with Gasteiger partial charge in [-0.05, 0) is 109 Å². The van der Waals surface area contributed by atoms with Crippen LogP contribution in [0.1, 0.15) is 113 Å². The van der Waals surface area contributed by atoms with Crippen molar-refractivity contribution in [3.63, 3.8) is 0 Å². The van der Waals surface area contributed by atoms with E-state index in [1.54, 1.807) is 5.57 Å². The van der Waals surface area contributed by atoms with Crippen LogP contribution in [0.4, 0.5) is 0 Å². The van der Waals surface area contributed by atoms with E-state index in [1.807, 2.05) is 0 Å². The Morgan fingerprint density at radius 1 is 0.930 bits per heavy atom. The Hall–Kier alpha value is -0.920. The summed E-state index contributed by atoms with van der Waals surface area (Å²) in [5.74, 6) is 2.13. The molecule has 0 unspecified atom stereocenters. The molecule has 6 aliphatic rings. The van der Waals surface area contributed by atoms with Crippen LogP contribution < -0.4 is 5.32 Å². The number of nitrogens with one attached hydrogen (secondary N) is 1. The summed E-state index contributed by atoms with van der Waals surface area (Å²) in [6.45, 7) is 19.7. The summed E-state index contributed by atoms with van der Waals surface area (Å²) in [6.07, 6.45) is 13.1.